The second-order valence-electron chi connectivity index (χ2n) is 32.4. The average Bonchev–Trinajstić information content (AvgIpc) is 4.43. The molecule has 12 unspecified atom stereocenters. The van der Waals surface area contributed by atoms with Gasteiger partial charge in [0, 0.05) is 82.8 Å². The van der Waals surface area contributed by atoms with Crippen molar-refractivity contribution < 1.29 is 45.0 Å². The summed E-state index contributed by atoms with van der Waals surface area (Å²) in [6.45, 7) is 25.0. The van der Waals surface area contributed by atoms with Gasteiger partial charge in [-0.15, -0.1) is 0 Å². The molecule has 6 fully saturated rings. The van der Waals surface area contributed by atoms with Gasteiger partial charge in [-0.1, -0.05) is 80.1 Å². The molecule has 6 saturated heterocycles. The third kappa shape index (κ3) is 32.1. The van der Waals surface area contributed by atoms with Gasteiger partial charge >= 0.3 is 17.9 Å². The van der Waals surface area contributed by atoms with E-state index in [1.807, 2.05) is 41.5 Å². The molecule has 9 nitrogen and oxygen atoms in total. The molecule has 0 bridgehead atoms. The van der Waals surface area contributed by atoms with Crippen LogP contribution >= 0.6 is 70.6 Å². The van der Waals surface area contributed by atoms with Crippen molar-refractivity contribution in [3.05, 3.63) is 0 Å². The lowest BCUT2D eigenvalue weighted by molar-refractivity contribution is -0.148. The van der Waals surface area contributed by atoms with Gasteiger partial charge in [-0.25, -0.2) is 0 Å². The van der Waals surface area contributed by atoms with Crippen molar-refractivity contribution in [2.24, 2.45) is 32.5 Å². The van der Waals surface area contributed by atoms with Gasteiger partial charge in [0.15, 0.2) is 0 Å². The van der Waals surface area contributed by atoms with E-state index >= 15 is 0 Å². The van der Waals surface area contributed by atoms with Gasteiger partial charge in [0.25, 0.3) is 0 Å². The molecule has 0 spiro atoms. The smallest absolute Gasteiger partial charge is 0.309 e. The Kier molecular flexibility index (Phi) is 36.2. The standard InChI is InChI=1S/C24H42O4S2.C24H44O3S2.C24H46O2S2/c1-23(2,21(25)26)15-5-7-17-9-11-19(29-17)13-14-20-12-10-18(30-20)8-6-16-24(3,4)22(27)28;1-23(2,17-25)15-5-7-18-9-11-20(28-18)13-14-21-12-10-19(29-21)8-6-16-24(3,4)22(26)27;1-23(2,17-25)15-5-7-19-9-11-21(27-19)13-14-22-12-10-20(28-22)8-6-16-24(3,4)18-26/h17-20H,5-16H2,1-4H3,(H,25,26)(H,27,28);18-21,25H,5-17H2,1-4H3,(H,26,27);19-22,25-26H,5-18H2,1-4H3. The molecule has 6 aliphatic rings. The molecule has 15 heteroatoms. The van der Waals surface area contributed by atoms with Crippen molar-refractivity contribution in [2.75, 3.05) is 19.8 Å². The molecule has 87 heavy (non-hydrogen) atoms. The van der Waals surface area contributed by atoms with E-state index < -0.39 is 34.2 Å². The van der Waals surface area contributed by atoms with E-state index in [0.717, 1.165) is 134 Å². The molecule has 0 saturated carbocycles. The summed E-state index contributed by atoms with van der Waals surface area (Å²) >= 11 is 13.3. The van der Waals surface area contributed by atoms with E-state index in [-0.39, 0.29) is 16.2 Å². The number of aliphatic hydroxyl groups is 3. The summed E-state index contributed by atoms with van der Waals surface area (Å²) < 4.78 is 0. The van der Waals surface area contributed by atoms with Crippen LogP contribution in [0.4, 0.5) is 0 Å². The Morgan fingerprint density at radius 1 is 0.264 bits per heavy atom. The van der Waals surface area contributed by atoms with Crippen LogP contribution in [0, 0.1) is 32.5 Å². The second-order valence-corrected chi connectivity index (χ2v) is 42.0. The number of hydrogen-bond donors (Lipinski definition) is 6. The van der Waals surface area contributed by atoms with Gasteiger partial charge < -0.3 is 30.6 Å². The van der Waals surface area contributed by atoms with Gasteiger partial charge in [-0.3, -0.25) is 14.4 Å². The summed E-state index contributed by atoms with van der Waals surface area (Å²) in [5, 5.41) is 65.8. The van der Waals surface area contributed by atoms with E-state index in [1.165, 1.54) is 161 Å². The number of thioether (sulfide) groups is 6. The zero-order chi connectivity index (χ0) is 64.5. The van der Waals surface area contributed by atoms with Gasteiger partial charge in [-0.05, 0) is 250 Å². The number of carboxylic acid groups (broad SMARTS) is 3. The predicted molar refractivity (Wildman–Crippen MR) is 384 cm³/mol. The van der Waals surface area contributed by atoms with E-state index in [4.69, 9.17) is 0 Å². The van der Waals surface area contributed by atoms with Crippen LogP contribution in [-0.2, 0) is 14.4 Å². The average molecular weight is 1330 g/mol. The van der Waals surface area contributed by atoms with Crippen molar-refractivity contribution in [1.29, 1.82) is 0 Å². The van der Waals surface area contributed by atoms with Crippen LogP contribution in [0.5, 0.6) is 0 Å². The molecule has 0 aromatic rings. The lowest BCUT2D eigenvalue weighted by atomic mass is 9.87. The molecule has 0 radical (unpaired) electrons. The second kappa shape index (κ2) is 39.4. The molecular weight excluding hydrogens is 1200 g/mol. The minimum Gasteiger partial charge on any atom is -0.481 e. The highest BCUT2D eigenvalue weighted by Gasteiger charge is 2.36. The Labute approximate surface area is 559 Å². The van der Waals surface area contributed by atoms with Crippen LogP contribution in [0.2, 0.25) is 0 Å². The number of carbonyl (C=O) groups is 3. The molecule has 510 valence electrons. The monoisotopic (exact) mass is 1330 g/mol. The first-order chi connectivity index (χ1) is 40.8. The maximum atomic E-state index is 11.2. The molecule has 6 heterocycles. The zero-order valence-corrected chi connectivity index (χ0v) is 62.3. The fourth-order valence-corrected chi connectivity index (χ4v) is 23.6. The summed E-state index contributed by atoms with van der Waals surface area (Å²) in [7, 11) is 0. The van der Waals surface area contributed by atoms with Crippen LogP contribution < -0.4 is 0 Å². The Morgan fingerprint density at radius 3 is 0.540 bits per heavy atom. The number of rotatable bonds is 39. The van der Waals surface area contributed by atoms with E-state index in [1.54, 1.807) is 0 Å². The van der Waals surface area contributed by atoms with Crippen molar-refractivity contribution in [2.45, 2.75) is 377 Å². The third-order valence-electron chi connectivity index (χ3n) is 20.7. The third-order valence-corrected chi connectivity index (χ3v) is 31.0. The molecule has 6 aliphatic heterocycles. The van der Waals surface area contributed by atoms with Crippen LogP contribution in [-0.4, -0.2) is 131 Å². The van der Waals surface area contributed by atoms with Crippen LogP contribution in [0.1, 0.15) is 314 Å². The Bertz CT molecular complexity index is 1860. The summed E-state index contributed by atoms with van der Waals surface area (Å²) in [5.41, 5.74) is -1.47. The first-order valence-electron chi connectivity index (χ1n) is 35.3. The molecule has 0 aliphatic carbocycles. The van der Waals surface area contributed by atoms with Crippen molar-refractivity contribution in [1.82, 2.24) is 0 Å². The number of aliphatic carboxylic acids is 3. The molecule has 0 amide bonds. The van der Waals surface area contributed by atoms with Crippen LogP contribution in [0.3, 0.4) is 0 Å². The maximum absolute atomic E-state index is 11.2. The summed E-state index contributed by atoms with van der Waals surface area (Å²) in [5.74, 6) is -2.03. The molecule has 0 aromatic heterocycles. The predicted octanol–water partition coefficient (Wildman–Crippen LogP) is 20.3. The molecule has 6 N–H and O–H groups in total. The van der Waals surface area contributed by atoms with Crippen molar-refractivity contribution >= 4 is 88.5 Å². The molecule has 12 atom stereocenters. The molecule has 0 aromatic carbocycles. The highest BCUT2D eigenvalue weighted by molar-refractivity contribution is 8.02. The normalized spacial score (nSPS) is 28.2. The van der Waals surface area contributed by atoms with Gasteiger partial charge in [0.2, 0.25) is 0 Å². The topological polar surface area (TPSA) is 173 Å². The lowest BCUT2D eigenvalue weighted by Gasteiger charge is -2.22. The van der Waals surface area contributed by atoms with Gasteiger partial charge in [-0.2, -0.15) is 70.6 Å². The number of aliphatic hydroxyl groups excluding tert-OH is 3. The SMILES string of the molecule is CC(C)(CCCC1CCC(CCC2CCC(CCCC(C)(C)C(=O)O)S2)S1)C(=O)O.CC(C)(CO)CCCC1CCC(CCC2CCC(CCCC(C)(C)C(=O)O)S2)S1.CC(C)(CO)CCCC1CCC(CCC2CCC(CCCC(C)(C)CO)S2)S1. The van der Waals surface area contributed by atoms with E-state index in [0.29, 0.717) is 19.8 Å². The minimum atomic E-state index is -0.683. The fraction of sp³-hybridized carbons (Fsp3) is 0.958. The Hall–Kier alpha value is 0.390. The number of hydrogen-bond acceptors (Lipinski definition) is 12. The quantitative estimate of drug-likeness (QED) is 0.0343. The fourth-order valence-electron chi connectivity index (χ4n) is 13.6. The van der Waals surface area contributed by atoms with Crippen molar-refractivity contribution in [3.63, 3.8) is 0 Å². The largest absolute Gasteiger partial charge is 0.481 e. The van der Waals surface area contributed by atoms with Crippen molar-refractivity contribution in [3.8, 4) is 0 Å². The highest BCUT2D eigenvalue weighted by Crippen LogP contribution is 2.48. The molecular formula is C72H132O9S6. The first kappa shape index (κ1) is 79.8. The van der Waals surface area contributed by atoms with E-state index in [9.17, 15) is 45.0 Å². The van der Waals surface area contributed by atoms with Crippen LogP contribution in [0.25, 0.3) is 0 Å². The van der Waals surface area contributed by atoms with E-state index in [2.05, 4.69) is 112 Å². The summed E-state index contributed by atoms with van der Waals surface area (Å²) in [6, 6.07) is 0. The first-order valence-corrected chi connectivity index (χ1v) is 40.9. The van der Waals surface area contributed by atoms with Crippen LogP contribution in [0.15, 0.2) is 0 Å². The minimum absolute atomic E-state index is 0.0856. The van der Waals surface area contributed by atoms with Gasteiger partial charge in [0.1, 0.15) is 0 Å². The Balaban J connectivity index is 0.000000279. The lowest BCUT2D eigenvalue weighted by Crippen LogP contribution is -2.23. The zero-order valence-electron chi connectivity index (χ0n) is 57.4. The van der Waals surface area contributed by atoms with Gasteiger partial charge in [0.05, 0.1) is 16.2 Å². The summed E-state index contributed by atoms with van der Waals surface area (Å²) in [4.78, 5) is 33.7. The maximum Gasteiger partial charge on any atom is 0.309 e. The summed E-state index contributed by atoms with van der Waals surface area (Å²) in [6.07, 6.45) is 44.7. The Morgan fingerprint density at radius 2 is 0.402 bits per heavy atom. The highest BCUT2D eigenvalue weighted by atomic mass is 32.2. The molecule has 6 rings (SSSR count). The number of carboxylic acids is 3.